The maximum absolute atomic E-state index is 12.8. The van der Waals surface area contributed by atoms with Crippen molar-refractivity contribution >= 4 is 5.91 Å². The zero-order valence-corrected chi connectivity index (χ0v) is 9.70. The van der Waals surface area contributed by atoms with Crippen molar-refractivity contribution in [2.75, 3.05) is 6.54 Å². The van der Waals surface area contributed by atoms with Crippen molar-refractivity contribution < 1.29 is 18.0 Å². The molecule has 1 atom stereocenters. The van der Waals surface area contributed by atoms with Crippen LogP contribution in [-0.2, 0) is 4.79 Å². The van der Waals surface area contributed by atoms with Crippen LogP contribution in [0.5, 0.6) is 0 Å². The van der Waals surface area contributed by atoms with E-state index in [1.165, 1.54) is 12.1 Å². The Bertz CT molecular complexity index is 379. The Labute approximate surface area is 103 Å². The second-order valence-electron chi connectivity index (χ2n) is 3.91. The second kappa shape index (κ2) is 6.39. The zero-order chi connectivity index (χ0) is 13.6. The van der Waals surface area contributed by atoms with E-state index < -0.39 is 18.1 Å². The van der Waals surface area contributed by atoms with E-state index in [2.05, 4.69) is 5.32 Å². The highest BCUT2D eigenvalue weighted by Crippen LogP contribution is 2.32. The maximum atomic E-state index is 12.8. The third-order valence-corrected chi connectivity index (χ3v) is 2.41. The third kappa shape index (κ3) is 4.75. The van der Waals surface area contributed by atoms with Crippen LogP contribution in [0.15, 0.2) is 30.3 Å². The van der Waals surface area contributed by atoms with E-state index in [4.69, 9.17) is 5.73 Å². The summed E-state index contributed by atoms with van der Waals surface area (Å²) in [5.41, 5.74) is 5.07. The summed E-state index contributed by atoms with van der Waals surface area (Å²) in [7, 11) is 0. The molecule has 0 heterocycles. The molecule has 1 aromatic rings. The van der Waals surface area contributed by atoms with Crippen molar-refractivity contribution in [2.24, 2.45) is 5.73 Å². The molecule has 0 aromatic heterocycles. The minimum Gasteiger partial charge on any atom is -0.370 e. The van der Waals surface area contributed by atoms with Crippen molar-refractivity contribution in [1.82, 2.24) is 5.32 Å². The van der Waals surface area contributed by atoms with Gasteiger partial charge in [0.25, 0.3) is 0 Å². The number of nitrogens with one attached hydrogen (secondary N) is 1. The molecule has 1 unspecified atom stereocenters. The predicted molar refractivity (Wildman–Crippen MR) is 61.7 cm³/mol. The maximum Gasteiger partial charge on any atom is 0.407 e. The fourth-order valence-corrected chi connectivity index (χ4v) is 1.58. The van der Waals surface area contributed by atoms with Crippen LogP contribution >= 0.6 is 0 Å². The second-order valence-corrected chi connectivity index (χ2v) is 3.91. The van der Waals surface area contributed by atoms with E-state index in [1.807, 2.05) is 0 Å². The van der Waals surface area contributed by atoms with Crippen LogP contribution in [0.2, 0.25) is 0 Å². The van der Waals surface area contributed by atoms with Gasteiger partial charge < -0.3 is 11.1 Å². The smallest absolute Gasteiger partial charge is 0.370 e. The zero-order valence-electron chi connectivity index (χ0n) is 9.70. The standard InChI is InChI=1S/C12H15F3N2O/c13-12(14,15)11(9-5-2-1-3-6-9)17-8-4-7-10(16)18/h1-3,5-6,11,17H,4,7-8H2,(H2,16,18). The first-order valence-electron chi connectivity index (χ1n) is 5.54. The van der Waals surface area contributed by atoms with E-state index in [0.717, 1.165) is 0 Å². The molecule has 1 rings (SSSR count). The molecule has 0 aliphatic heterocycles. The van der Waals surface area contributed by atoms with Crippen molar-refractivity contribution in [3.63, 3.8) is 0 Å². The van der Waals surface area contributed by atoms with E-state index in [1.54, 1.807) is 18.2 Å². The van der Waals surface area contributed by atoms with Gasteiger partial charge in [0.1, 0.15) is 6.04 Å². The van der Waals surface area contributed by atoms with Gasteiger partial charge in [-0.3, -0.25) is 4.79 Å². The Balaban J connectivity index is 2.61. The van der Waals surface area contributed by atoms with Crippen molar-refractivity contribution in [2.45, 2.75) is 25.1 Å². The van der Waals surface area contributed by atoms with E-state index in [9.17, 15) is 18.0 Å². The lowest BCUT2D eigenvalue weighted by atomic mass is 10.1. The minimum absolute atomic E-state index is 0.0758. The van der Waals surface area contributed by atoms with Crippen LogP contribution in [0.4, 0.5) is 13.2 Å². The molecule has 1 aromatic carbocycles. The Morgan fingerprint density at radius 3 is 2.39 bits per heavy atom. The number of amides is 1. The molecule has 0 spiro atoms. The van der Waals surface area contributed by atoms with Gasteiger partial charge in [-0.15, -0.1) is 0 Å². The Kier molecular flexibility index (Phi) is 5.15. The number of carbonyl (C=O) groups is 1. The van der Waals surface area contributed by atoms with E-state index >= 15 is 0 Å². The lowest BCUT2D eigenvalue weighted by molar-refractivity contribution is -0.157. The fraction of sp³-hybridized carbons (Fsp3) is 0.417. The summed E-state index contributed by atoms with van der Waals surface area (Å²) in [6, 6.07) is 5.88. The molecule has 0 radical (unpaired) electrons. The molecule has 3 nitrogen and oxygen atoms in total. The van der Waals surface area contributed by atoms with Gasteiger partial charge in [0.05, 0.1) is 0 Å². The topological polar surface area (TPSA) is 55.1 Å². The highest BCUT2D eigenvalue weighted by Gasteiger charge is 2.40. The summed E-state index contributed by atoms with van der Waals surface area (Å²) in [6.45, 7) is 0.0853. The van der Waals surface area contributed by atoms with Gasteiger partial charge in [0, 0.05) is 6.42 Å². The molecule has 0 saturated carbocycles. The Morgan fingerprint density at radius 2 is 1.89 bits per heavy atom. The highest BCUT2D eigenvalue weighted by molar-refractivity contribution is 5.73. The Hall–Kier alpha value is -1.56. The highest BCUT2D eigenvalue weighted by atomic mass is 19.4. The lowest BCUT2D eigenvalue weighted by Gasteiger charge is -2.22. The predicted octanol–water partition coefficient (Wildman–Crippen LogP) is 2.15. The SMILES string of the molecule is NC(=O)CCCNC(c1ccccc1)C(F)(F)F. The summed E-state index contributed by atoms with van der Waals surface area (Å²) in [6.07, 6.45) is -4.00. The number of carbonyl (C=O) groups excluding carboxylic acids is 1. The summed E-state index contributed by atoms with van der Waals surface area (Å²) in [4.78, 5) is 10.5. The summed E-state index contributed by atoms with van der Waals surface area (Å²) >= 11 is 0. The molecule has 0 aliphatic rings. The van der Waals surface area contributed by atoms with Gasteiger partial charge in [-0.1, -0.05) is 30.3 Å². The van der Waals surface area contributed by atoms with Crippen LogP contribution in [0, 0.1) is 0 Å². The molecular weight excluding hydrogens is 245 g/mol. The molecule has 1 amide bonds. The van der Waals surface area contributed by atoms with Crippen molar-refractivity contribution in [1.29, 1.82) is 0 Å². The average Bonchev–Trinajstić information content (AvgIpc) is 2.28. The minimum atomic E-state index is -4.37. The normalized spacial score (nSPS) is 13.3. The number of benzene rings is 1. The number of primary amides is 1. The first kappa shape index (κ1) is 14.5. The molecule has 0 saturated heterocycles. The molecule has 3 N–H and O–H groups in total. The number of nitrogens with two attached hydrogens (primary N) is 1. The number of rotatable bonds is 6. The molecule has 0 bridgehead atoms. The first-order chi connectivity index (χ1) is 8.41. The van der Waals surface area contributed by atoms with E-state index in [-0.39, 0.29) is 24.9 Å². The average molecular weight is 260 g/mol. The van der Waals surface area contributed by atoms with Crippen LogP contribution in [-0.4, -0.2) is 18.6 Å². The Morgan fingerprint density at radius 1 is 1.28 bits per heavy atom. The van der Waals surface area contributed by atoms with Gasteiger partial charge in [-0.05, 0) is 18.5 Å². The van der Waals surface area contributed by atoms with Gasteiger partial charge >= 0.3 is 6.18 Å². The first-order valence-corrected chi connectivity index (χ1v) is 5.54. The molecule has 6 heteroatoms. The molecule has 0 aliphatic carbocycles. The fourth-order valence-electron chi connectivity index (χ4n) is 1.58. The quantitative estimate of drug-likeness (QED) is 0.770. The molecule has 100 valence electrons. The summed E-state index contributed by atoms with van der Waals surface area (Å²) in [5, 5.41) is 2.40. The van der Waals surface area contributed by atoms with Gasteiger partial charge in [-0.25, -0.2) is 0 Å². The molecular formula is C12H15F3N2O. The lowest BCUT2D eigenvalue weighted by Crippen LogP contribution is -2.35. The number of alkyl halides is 3. The van der Waals surface area contributed by atoms with E-state index in [0.29, 0.717) is 0 Å². The number of halogens is 3. The largest absolute Gasteiger partial charge is 0.407 e. The number of hydrogen-bond acceptors (Lipinski definition) is 2. The van der Waals surface area contributed by atoms with Gasteiger partial charge in [-0.2, -0.15) is 13.2 Å². The van der Waals surface area contributed by atoms with Crippen LogP contribution in [0.3, 0.4) is 0 Å². The van der Waals surface area contributed by atoms with Crippen LogP contribution < -0.4 is 11.1 Å². The monoisotopic (exact) mass is 260 g/mol. The summed E-state index contributed by atoms with van der Waals surface area (Å²) < 4.78 is 38.5. The van der Waals surface area contributed by atoms with Gasteiger partial charge in [0.2, 0.25) is 5.91 Å². The van der Waals surface area contributed by atoms with Crippen LogP contribution in [0.1, 0.15) is 24.4 Å². The van der Waals surface area contributed by atoms with Crippen molar-refractivity contribution in [3.8, 4) is 0 Å². The summed E-state index contributed by atoms with van der Waals surface area (Å²) in [5.74, 6) is -0.514. The van der Waals surface area contributed by atoms with Gasteiger partial charge in [0.15, 0.2) is 0 Å². The number of hydrogen-bond donors (Lipinski definition) is 2. The third-order valence-electron chi connectivity index (χ3n) is 2.41. The molecule has 0 fully saturated rings. The van der Waals surface area contributed by atoms with Crippen LogP contribution in [0.25, 0.3) is 0 Å². The molecule has 18 heavy (non-hydrogen) atoms. The van der Waals surface area contributed by atoms with Crippen molar-refractivity contribution in [3.05, 3.63) is 35.9 Å².